The normalized spacial score (nSPS) is 10.4. The van der Waals surface area contributed by atoms with Gasteiger partial charge >= 0.3 is 0 Å². The Hall–Kier alpha value is -2.86. The molecule has 0 radical (unpaired) electrons. The minimum atomic E-state index is -0.331. The van der Waals surface area contributed by atoms with Crippen molar-refractivity contribution in [2.45, 2.75) is 19.8 Å². The topological polar surface area (TPSA) is 71.3 Å². The zero-order chi connectivity index (χ0) is 19.2. The monoisotopic (exact) mass is 426 g/mol. The number of halogens is 1. The maximum absolute atomic E-state index is 12.2. The quantitative estimate of drug-likeness (QED) is 0.579. The number of nitrogens with one attached hydrogen (secondary N) is 2. The average Bonchev–Trinajstić information content (AvgIpc) is 3.10. The summed E-state index contributed by atoms with van der Waals surface area (Å²) in [6.45, 7) is 2.08. The van der Waals surface area contributed by atoms with E-state index in [4.69, 9.17) is 4.42 Å². The number of carbonyl (C=O) groups excluding carboxylic acids is 2. The predicted octanol–water partition coefficient (Wildman–Crippen LogP) is 5.04. The van der Waals surface area contributed by atoms with Crippen LogP contribution in [-0.2, 0) is 17.6 Å². The predicted molar refractivity (Wildman–Crippen MR) is 109 cm³/mol. The van der Waals surface area contributed by atoms with Gasteiger partial charge in [-0.15, -0.1) is 0 Å². The highest BCUT2D eigenvalue weighted by Gasteiger charge is 2.11. The molecule has 0 aliphatic rings. The molecule has 0 saturated heterocycles. The second kappa shape index (κ2) is 8.68. The van der Waals surface area contributed by atoms with E-state index in [2.05, 4.69) is 33.5 Å². The van der Waals surface area contributed by atoms with Crippen molar-refractivity contribution in [1.29, 1.82) is 0 Å². The lowest BCUT2D eigenvalue weighted by molar-refractivity contribution is -0.115. The molecule has 0 spiro atoms. The molecule has 2 aromatic carbocycles. The molecule has 0 fully saturated rings. The van der Waals surface area contributed by atoms with Crippen molar-refractivity contribution in [3.8, 4) is 0 Å². The summed E-state index contributed by atoms with van der Waals surface area (Å²) in [5.41, 5.74) is 3.47. The molecule has 1 aromatic heterocycles. The number of benzene rings is 2. The summed E-state index contributed by atoms with van der Waals surface area (Å²) in [6, 6.07) is 18.2. The molecule has 0 unspecified atom stereocenters. The van der Waals surface area contributed by atoms with Gasteiger partial charge in [0.15, 0.2) is 10.4 Å². The van der Waals surface area contributed by atoms with E-state index in [0.29, 0.717) is 10.4 Å². The Labute approximate surface area is 165 Å². The maximum Gasteiger partial charge on any atom is 0.291 e. The maximum atomic E-state index is 12.2. The molecule has 0 aliphatic heterocycles. The fraction of sp³-hybridized carbons (Fsp3) is 0.143. The minimum Gasteiger partial charge on any atom is -0.444 e. The van der Waals surface area contributed by atoms with Crippen LogP contribution >= 0.6 is 15.9 Å². The van der Waals surface area contributed by atoms with E-state index in [1.165, 1.54) is 5.56 Å². The molecule has 3 aromatic rings. The van der Waals surface area contributed by atoms with Gasteiger partial charge in [-0.25, -0.2) is 0 Å². The molecule has 27 heavy (non-hydrogen) atoms. The summed E-state index contributed by atoms with van der Waals surface area (Å²) in [4.78, 5) is 24.3. The largest absolute Gasteiger partial charge is 0.444 e. The molecule has 0 aliphatic carbocycles. The van der Waals surface area contributed by atoms with Crippen molar-refractivity contribution < 1.29 is 14.0 Å². The van der Waals surface area contributed by atoms with Gasteiger partial charge in [0, 0.05) is 11.4 Å². The van der Waals surface area contributed by atoms with E-state index in [0.717, 1.165) is 17.7 Å². The van der Waals surface area contributed by atoms with Gasteiger partial charge in [-0.2, -0.15) is 0 Å². The van der Waals surface area contributed by atoms with E-state index < -0.39 is 0 Å². The molecule has 5 nitrogen and oxygen atoms in total. The molecule has 0 saturated carbocycles. The van der Waals surface area contributed by atoms with Crippen molar-refractivity contribution >= 4 is 39.1 Å². The van der Waals surface area contributed by atoms with Crippen LogP contribution in [0.3, 0.4) is 0 Å². The number of aryl methyl sites for hydroxylation is 1. The first-order chi connectivity index (χ1) is 13.0. The van der Waals surface area contributed by atoms with E-state index in [-0.39, 0.29) is 24.0 Å². The first-order valence-corrected chi connectivity index (χ1v) is 9.37. The van der Waals surface area contributed by atoms with Gasteiger partial charge in [-0.3, -0.25) is 9.59 Å². The van der Waals surface area contributed by atoms with Crippen LogP contribution in [0.5, 0.6) is 0 Å². The summed E-state index contributed by atoms with van der Waals surface area (Å²) in [5.74, 6) is -0.192. The Morgan fingerprint density at radius 3 is 2.37 bits per heavy atom. The molecular weight excluding hydrogens is 408 g/mol. The van der Waals surface area contributed by atoms with Gasteiger partial charge in [0.1, 0.15) is 0 Å². The van der Waals surface area contributed by atoms with E-state index in [9.17, 15) is 9.59 Å². The van der Waals surface area contributed by atoms with E-state index in [1.54, 1.807) is 24.3 Å². The smallest absolute Gasteiger partial charge is 0.291 e. The Morgan fingerprint density at radius 1 is 0.926 bits per heavy atom. The van der Waals surface area contributed by atoms with Gasteiger partial charge in [0.2, 0.25) is 5.91 Å². The van der Waals surface area contributed by atoms with Crippen LogP contribution < -0.4 is 10.6 Å². The van der Waals surface area contributed by atoms with Crippen molar-refractivity contribution in [1.82, 2.24) is 0 Å². The first kappa shape index (κ1) is 18.9. The summed E-state index contributed by atoms with van der Waals surface area (Å²) in [5, 5.41) is 5.66. The van der Waals surface area contributed by atoms with Gasteiger partial charge in [0.05, 0.1) is 6.42 Å². The third kappa shape index (κ3) is 5.31. The second-order valence-corrected chi connectivity index (χ2v) is 6.82. The Kier molecular flexibility index (Phi) is 6.08. The Bertz CT molecular complexity index is 948. The van der Waals surface area contributed by atoms with Gasteiger partial charge in [-0.05, 0) is 69.9 Å². The molecule has 0 atom stereocenters. The first-order valence-electron chi connectivity index (χ1n) is 8.58. The van der Waals surface area contributed by atoms with Crippen molar-refractivity contribution in [3.63, 3.8) is 0 Å². The standard InChI is InChI=1S/C21H19BrN2O3/c1-2-14-4-3-5-17(12-14)23-20(25)13-15-6-8-16(9-7-15)24-21(26)18-10-11-19(22)27-18/h3-12H,2,13H2,1H3,(H,23,25)(H,24,26). The van der Waals surface area contributed by atoms with Crippen LogP contribution in [0.15, 0.2) is 69.8 Å². The fourth-order valence-corrected chi connectivity index (χ4v) is 2.90. The van der Waals surface area contributed by atoms with Gasteiger partial charge < -0.3 is 15.1 Å². The number of amides is 2. The van der Waals surface area contributed by atoms with Crippen LogP contribution in [0.25, 0.3) is 0 Å². The van der Waals surface area contributed by atoms with Gasteiger partial charge in [0.25, 0.3) is 5.91 Å². The molecule has 1 heterocycles. The number of hydrogen-bond acceptors (Lipinski definition) is 3. The SMILES string of the molecule is CCc1cccc(NC(=O)Cc2ccc(NC(=O)c3ccc(Br)o3)cc2)c1. The second-order valence-electron chi connectivity index (χ2n) is 6.03. The number of hydrogen-bond donors (Lipinski definition) is 2. The molecule has 0 bridgehead atoms. The lowest BCUT2D eigenvalue weighted by Gasteiger charge is -2.08. The van der Waals surface area contributed by atoms with Crippen molar-refractivity contribution in [3.05, 3.63) is 82.2 Å². The Morgan fingerprint density at radius 2 is 1.70 bits per heavy atom. The third-order valence-electron chi connectivity index (χ3n) is 3.99. The van der Waals surface area contributed by atoms with Crippen LogP contribution in [-0.4, -0.2) is 11.8 Å². The van der Waals surface area contributed by atoms with E-state index >= 15 is 0 Å². The molecule has 2 N–H and O–H groups in total. The lowest BCUT2D eigenvalue weighted by atomic mass is 10.1. The zero-order valence-electron chi connectivity index (χ0n) is 14.8. The number of rotatable bonds is 6. The zero-order valence-corrected chi connectivity index (χ0v) is 16.4. The molecule has 138 valence electrons. The highest BCUT2D eigenvalue weighted by molar-refractivity contribution is 9.10. The van der Waals surface area contributed by atoms with Crippen LogP contribution in [0.4, 0.5) is 11.4 Å². The van der Waals surface area contributed by atoms with Crippen LogP contribution in [0.1, 0.15) is 28.6 Å². The summed E-state index contributed by atoms with van der Waals surface area (Å²) in [6.07, 6.45) is 1.18. The number of furan rings is 1. The molecule has 2 amide bonds. The number of carbonyl (C=O) groups is 2. The third-order valence-corrected chi connectivity index (χ3v) is 4.42. The summed E-state index contributed by atoms with van der Waals surface area (Å²) >= 11 is 3.17. The highest BCUT2D eigenvalue weighted by atomic mass is 79.9. The highest BCUT2D eigenvalue weighted by Crippen LogP contribution is 2.17. The minimum absolute atomic E-state index is 0.0829. The molecule has 3 rings (SSSR count). The molecular formula is C21H19BrN2O3. The fourth-order valence-electron chi connectivity index (χ4n) is 2.59. The lowest BCUT2D eigenvalue weighted by Crippen LogP contribution is -2.14. The average molecular weight is 427 g/mol. The Balaban J connectivity index is 1.56. The molecule has 6 heteroatoms. The van der Waals surface area contributed by atoms with Gasteiger partial charge in [-0.1, -0.05) is 31.2 Å². The number of anilines is 2. The summed E-state index contributed by atoms with van der Waals surface area (Å²) in [7, 11) is 0. The van der Waals surface area contributed by atoms with Crippen molar-refractivity contribution in [2.24, 2.45) is 0 Å². The summed E-state index contributed by atoms with van der Waals surface area (Å²) < 4.78 is 5.72. The van der Waals surface area contributed by atoms with Crippen molar-refractivity contribution in [2.75, 3.05) is 10.6 Å². The van der Waals surface area contributed by atoms with Crippen LogP contribution in [0, 0.1) is 0 Å². The van der Waals surface area contributed by atoms with E-state index in [1.807, 2.05) is 36.4 Å². The van der Waals surface area contributed by atoms with Crippen LogP contribution in [0.2, 0.25) is 0 Å².